The Kier molecular flexibility index (Phi) is 4.35. The summed E-state index contributed by atoms with van der Waals surface area (Å²) in [7, 11) is 1.61. The summed E-state index contributed by atoms with van der Waals surface area (Å²) in [5.74, 6) is -0.350. The van der Waals surface area contributed by atoms with Gasteiger partial charge < -0.3 is 10.4 Å². The first-order valence-electron chi connectivity index (χ1n) is 4.51. The summed E-state index contributed by atoms with van der Waals surface area (Å²) in [6.45, 7) is 0. The van der Waals surface area contributed by atoms with Crippen molar-refractivity contribution in [2.75, 3.05) is 7.05 Å². The average molecular weight is 253 g/mol. The molecule has 0 aromatic heterocycles. The summed E-state index contributed by atoms with van der Waals surface area (Å²) in [5, 5.41) is 28.4. The van der Waals surface area contributed by atoms with Crippen LogP contribution >= 0.6 is 12.2 Å². The number of hydrazone groups is 1. The number of nitro benzene ring substituents is 1. The summed E-state index contributed by atoms with van der Waals surface area (Å²) in [6.07, 6.45) is 1.18. The fraction of sp³-hybridized carbons (Fsp3) is 0.111. The molecule has 0 heterocycles. The molecule has 0 unspecified atom stereocenters. The Morgan fingerprint density at radius 3 is 2.88 bits per heavy atom. The van der Waals surface area contributed by atoms with E-state index in [4.69, 9.17) is 12.2 Å². The van der Waals surface area contributed by atoms with Crippen LogP contribution in [0.4, 0.5) is 5.69 Å². The summed E-state index contributed by atoms with van der Waals surface area (Å²) in [6, 6.07) is 3.41. The largest absolute Gasteiger partial charge is 0.872 e. The van der Waals surface area contributed by atoms with Gasteiger partial charge in [-0.25, -0.2) is 0 Å². The van der Waals surface area contributed by atoms with Crippen molar-refractivity contribution in [3.63, 3.8) is 0 Å². The lowest BCUT2D eigenvalue weighted by Gasteiger charge is -2.08. The third kappa shape index (κ3) is 3.68. The van der Waals surface area contributed by atoms with E-state index in [1.165, 1.54) is 6.21 Å². The second-order valence-corrected chi connectivity index (χ2v) is 3.34. The van der Waals surface area contributed by atoms with Crippen LogP contribution in [0.25, 0.3) is 0 Å². The molecule has 7 nitrogen and oxygen atoms in total. The van der Waals surface area contributed by atoms with Crippen LogP contribution in [0, 0.1) is 10.1 Å². The zero-order chi connectivity index (χ0) is 12.8. The first kappa shape index (κ1) is 12.8. The summed E-state index contributed by atoms with van der Waals surface area (Å²) in [5.41, 5.74) is 2.39. The van der Waals surface area contributed by atoms with E-state index < -0.39 is 4.92 Å². The summed E-state index contributed by atoms with van der Waals surface area (Å²) >= 11 is 4.75. The van der Waals surface area contributed by atoms with Crippen LogP contribution in [0.5, 0.6) is 5.75 Å². The van der Waals surface area contributed by atoms with Crippen molar-refractivity contribution in [1.82, 2.24) is 10.7 Å². The number of rotatable bonds is 3. The van der Waals surface area contributed by atoms with Crippen molar-refractivity contribution in [2.45, 2.75) is 0 Å². The number of hydrogen-bond acceptors (Lipinski definition) is 5. The fourth-order valence-electron chi connectivity index (χ4n) is 0.967. The Bertz CT molecular complexity index is 475. The third-order valence-electron chi connectivity index (χ3n) is 1.80. The average Bonchev–Trinajstić information content (AvgIpc) is 2.30. The Labute approximate surface area is 102 Å². The van der Waals surface area contributed by atoms with Gasteiger partial charge in [0.1, 0.15) is 0 Å². The van der Waals surface area contributed by atoms with Gasteiger partial charge in [0.05, 0.1) is 11.1 Å². The minimum Gasteiger partial charge on any atom is -0.872 e. The zero-order valence-corrected chi connectivity index (χ0v) is 9.65. The van der Waals surface area contributed by atoms with Gasteiger partial charge in [-0.05, 0) is 17.8 Å². The Hall–Kier alpha value is -2.22. The predicted molar refractivity (Wildman–Crippen MR) is 64.9 cm³/mol. The van der Waals surface area contributed by atoms with Crippen LogP contribution in [-0.4, -0.2) is 23.3 Å². The van der Waals surface area contributed by atoms with Crippen molar-refractivity contribution in [2.24, 2.45) is 5.10 Å². The molecule has 0 spiro atoms. The molecular formula is C9H9N4O3S-. The van der Waals surface area contributed by atoms with Crippen LogP contribution in [0.2, 0.25) is 0 Å². The van der Waals surface area contributed by atoms with E-state index >= 15 is 0 Å². The van der Waals surface area contributed by atoms with Gasteiger partial charge in [0.2, 0.25) is 0 Å². The molecule has 2 N–H and O–H groups in total. The topological polar surface area (TPSA) is 103 Å². The Morgan fingerprint density at radius 2 is 2.29 bits per heavy atom. The normalized spacial score (nSPS) is 10.2. The van der Waals surface area contributed by atoms with Gasteiger partial charge in [-0.1, -0.05) is 11.8 Å². The van der Waals surface area contributed by atoms with Crippen LogP contribution in [0.3, 0.4) is 0 Å². The second kappa shape index (κ2) is 5.75. The minimum absolute atomic E-state index is 0.116. The van der Waals surface area contributed by atoms with Crippen LogP contribution < -0.4 is 15.8 Å². The molecule has 0 aliphatic carbocycles. The highest BCUT2D eigenvalue weighted by Crippen LogP contribution is 2.18. The van der Waals surface area contributed by atoms with E-state index in [1.807, 2.05) is 0 Å². The molecule has 17 heavy (non-hydrogen) atoms. The number of nitrogens with zero attached hydrogens (tertiary/aromatic N) is 2. The molecule has 0 fully saturated rings. The number of nitrogens with one attached hydrogen (secondary N) is 2. The summed E-state index contributed by atoms with van der Waals surface area (Å²) in [4.78, 5) is 9.92. The molecule has 1 aromatic rings. The van der Waals surface area contributed by atoms with Crippen LogP contribution in [0.15, 0.2) is 23.3 Å². The number of nitro groups is 1. The number of hydrogen-bond donors (Lipinski definition) is 2. The maximum absolute atomic E-state index is 11.3. The lowest BCUT2D eigenvalue weighted by atomic mass is 10.2. The first-order chi connectivity index (χ1) is 8.04. The predicted octanol–water partition coefficient (Wildman–Crippen LogP) is 0.0962. The van der Waals surface area contributed by atoms with E-state index in [2.05, 4.69) is 15.8 Å². The number of thiocarbonyl (C=S) groups is 1. The molecule has 1 aromatic carbocycles. The molecule has 0 saturated carbocycles. The molecule has 8 heteroatoms. The standard InChI is InChI=1S/C9H10N4O3S/c1-10-9(17)12-11-5-6-4-7(13(15)16)2-3-8(6)14/h2-5,14H,1H3,(H2,10,12,17)/p-1/b11-5-. The second-order valence-electron chi connectivity index (χ2n) is 2.93. The van der Waals surface area contributed by atoms with Crippen molar-refractivity contribution in [1.29, 1.82) is 0 Å². The molecule has 0 radical (unpaired) electrons. The van der Waals surface area contributed by atoms with Crippen LogP contribution in [-0.2, 0) is 0 Å². The highest BCUT2D eigenvalue weighted by Gasteiger charge is 2.05. The van der Waals surface area contributed by atoms with Gasteiger partial charge in [-0.2, -0.15) is 5.10 Å². The number of benzene rings is 1. The van der Waals surface area contributed by atoms with E-state index in [-0.39, 0.29) is 22.1 Å². The molecule has 0 atom stereocenters. The molecule has 0 aliphatic rings. The third-order valence-corrected chi connectivity index (χ3v) is 2.10. The molecule has 0 saturated heterocycles. The molecule has 90 valence electrons. The molecule has 0 aliphatic heterocycles. The lowest BCUT2D eigenvalue weighted by molar-refractivity contribution is -0.385. The molecule has 0 amide bonds. The van der Waals surface area contributed by atoms with E-state index in [1.54, 1.807) is 7.05 Å². The van der Waals surface area contributed by atoms with Gasteiger partial charge in [-0.3, -0.25) is 15.5 Å². The van der Waals surface area contributed by atoms with E-state index in [9.17, 15) is 15.2 Å². The van der Waals surface area contributed by atoms with E-state index in [0.717, 1.165) is 18.2 Å². The highest BCUT2D eigenvalue weighted by molar-refractivity contribution is 7.80. The van der Waals surface area contributed by atoms with Gasteiger partial charge >= 0.3 is 0 Å². The van der Waals surface area contributed by atoms with Crippen molar-refractivity contribution >= 4 is 29.2 Å². The van der Waals surface area contributed by atoms with Crippen molar-refractivity contribution < 1.29 is 10.0 Å². The maximum atomic E-state index is 11.3. The smallest absolute Gasteiger partial charge is 0.270 e. The van der Waals surface area contributed by atoms with Gasteiger partial charge in [0.25, 0.3) is 5.69 Å². The van der Waals surface area contributed by atoms with Crippen molar-refractivity contribution in [3.8, 4) is 5.75 Å². The first-order valence-corrected chi connectivity index (χ1v) is 4.91. The van der Waals surface area contributed by atoms with Gasteiger partial charge in [-0.15, -0.1) is 0 Å². The zero-order valence-electron chi connectivity index (χ0n) is 8.84. The SMILES string of the molecule is CNC(=S)N/N=C\c1cc([N+](=O)[O-])ccc1[O-]. The maximum Gasteiger partial charge on any atom is 0.270 e. The van der Waals surface area contributed by atoms with Gasteiger partial charge in [0.15, 0.2) is 5.11 Å². The highest BCUT2D eigenvalue weighted by atomic mass is 32.1. The monoisotopic (exact) mass is 253 g/mol. The van der Waals surface area contributed by atoms with E-state index in [0.29, 0.717) is 0 Å². The lowest BCUT2D eigenvalue weighted by Crippen LogP contribution is -2.28. The number of non-ortho nitro benzene ring substituents is 1. The van der Waals surface area contributed by atoms with Crippen LogP contribution in [0.1, 0.15) is 5.56 Å². The Balaban J connectivity index is 2.86. The molecule has 0 bridgehead atoms. The molecular weight excluding hydrogens is 244 g/mol. The van der Waals surface area contributed by atoms with Crippen molar-refractivity contribution in [3.05, 3.63) is 33.9 Å². The van der Waals surface area contributed by atoms with Gasteiger partial charge in [0, 0.05) is 19.2 Å². The summed E-state index contributed by atoms with van der Waals surface area (Å²) < 4.78 is 0. The fourth-order valence-corrected chi connectivity index (χ4v) is 1.02. The molecule has 1 rings (SSSR count). The quantitative estimate of drug-likeness (QED) is 0.342. The minimum atomic E-state index is -0.581. The Morgan fingerprint density at radius 1 is 1.59 bits per heavy atom.